The smallest absolute Gasteiger partial charge is 0.0633 e. The normalized spacial score (nSPS) is 10.1. The van der Waals surface area contributed by atoms with Gasteiger partial charge in [0.25, 0.3) is 0 Å². The monoisotopic (exact) mass is 203 g/mol. The van der Waals surface area contributed by atoms with Gasteiger partial charge < -0.3 is 0 Å². The highest BCUT2D eigenvalue weighted by atomic mass is 35.5. The van der Waals surface area contributed by atoms with Crippen molar-refractivity contribution in [2.75, 3.05) is 0 Å². The van der Waals surface area contributed by atoms with Crippen molar-refractivity contribution < 1.29 is 0 Å². The molecule has 0 radical (unpaired) electrons. The lowest BCUT2D eigenvalue weighted by Gasteiger charge is -2.02. The van der Waals surface area contributed by atoms with Crippen molar-refractivity contribution in [3.8, 4) is 0 Å². The van der Waals surface area contributed by atoms with Crippen molar-refractivity contribution in [3.05, 3.63) is 64.9 Å². The maximum atomic E-state index is 6.01. The van der Waals surface area contributed by atoms with E-state index in [9.17, 15) is 0 Å². The quantitative estimate of drug-likeness (QED) is 0.730. The van der Waals surface area contributed by atoms with Gasteiger partial charge in [-0.3, -0.25) is 4.98 Å². The molecule has 1 aromatic carbocycles. The second-order valence-corrected chi connectivity index (χ2v) is 3.50. The third-order valence-electron chi connectivity index (χ3n) is 2.05. The van der Waals surface area contributed by atoms with Crippen molar-refractivity contribution in [3.63, 3.8) is 0 Å². The molecule has 0 aliphatic heterocycles. The first kappa shape index (κ1) is 9.22. The number of hydrogen-bond donors (Lipinski definition) is 0. The Morgan fingerprint density at radius 2 is 1.79 bits per heavy atom. The van der Waals surface area contributed by atoms with Crippen LogP contribution in [-0.2, 0) is 6.42 Å². The van der Waals surface area contributed by atoms with Crippen LogP contribution in [0.25, 0.3) is 0 Å². The van der Waals surface area contributed by atoms with E-state index in [2.05, 4.69) is 17.1 Å². The second-order valence-electron chi connectivity index (χ2n) is 3.09. The van der Waals surface area contributed by atoms with Crippen LogP contribution in [0.1, 0.15) is 11.3 Å². The first-order valence-electron chi connectivity index (χ1n) is 4.49. The molecule has 0 aliphatic carbocycles. The number of benzene rings is 1. The molecule has 0 N–H and O–H groups in total. The molecule has 0 atom stereocenters. The van der Waals surface area contributed by atoms with Crippen molar-refractivity contribution in [1.29, 1.82) is 0 Å². The molecule has 2 heteroatoms. The zero-order chi connectivity index (χ0) is 9.80. The van der Waals surface area contributed by atoms with E-state index in [1.165, 1.54) is 5.56 Å². The molecule has 1 aromatic heterocycles. The molecule has 14 heavy (non-hydrogen) atoms. The Morgan fingerprint density at radius 3 is 2.50 bits per heavy atom. The van der Waals surface area contributed by atoms with Crippen LogP contribution in [0.4, 0.5) is 0 Å². The highest BCUT2D eigenvalue weighted by Gasteiger charge is 2.00. The van der Waals surface area contributed by atoms with Crippen molar-refractivity contribution >= 4 is 11.6 Å². The van der Waals surface area contributed by atoms with E-state index in [1.54, 1.807) is 6.20 Å². The summed E-state index contributed by atoms with van der Waals surface area (Å²) in [7, 11) is 0. The Kier molecular flexibility index (Phi) is 2.80. The van der Waals surface area contributed by atoms with Gasteiger partial charge in [-0.05, 0) is 17.7 Å². The lowest BCUT2D eigenvalue weighted by atomic mass is 10.1. The zero-order valence-electron chi connectivity index (χ0n) is 7.65. The van der Waals surface area contributed by atoms with E-state index >= 15 is 0 Å². The highest BCUT2D eigenvalue weighted by Crippen LogP contribution is 2.15. The molecular weight excluding hydrogens is 194 g/mol. The standard InChI is InChI=1S/C12H10ClN/c13-11-7-4-8-14-12(11)9-10-5-2-1-3-6-10/h1-8H,9H2. The number of nitrogens with zero attached hydrogens (tertiary/aromatic N) is 1. The van der Waals surface area contributed by atoms with Crippen LogP contribution in [0.2, 0.25) is 5.02 Å². The van der Waals surface area contributed by atoms with Crippen molar-refractivity contribution in [1.82, 2.24) is 4.98 Å². The predicted molar refractivity (Wildman–Crippen MR) is 58.5 cm³/mol. The van der Waals surface area contributed by atoms with Crippen LogP contribution >= 0.6 is 11.6 Å². The van der Waals surface area contributed by atoms with Crippen molar-refractivity contribution in [2.45, 2.75) is 6.42 Å². The largest absolute Gasteiger partial charge is 0.259 e. The molecule has 2 rings (SSSR count). The van der Waals surface area contributed by atoms with Crippen LogP contribution in [0, 0.1) is 0 Å². The van der Waals surface area contributed by atoms with E-state index in [-0.39, 0.29) is 0 Å². The fourth-order valence-electron chi connectivity index (χ4n) is 1.34. The molecule has 70 valence electrons. The van der Waals surface area contributed by atoms with Gasteiger partial charge in [-0.2, -0.15) is 0 Å². The van der Waals surface area contributed by atoms with Gasteiger partial charge in [0.2, 0.25) is 0 Å². The predicted octanol–water partition coefficient (Wildman–Crippen LogP) is 3.33. The Hall–Kier alpha value is -1.34. The maximum absolute atomic E-state index is 6.01. The lowest BCUT2D eigenvalue weighted by molar-refractivity contribution is 1.07. The molecule has 2 aromatic rings. The molecule has 0 spiro atoms. The molecule has 0 bridgehead atoms. The Bertz CT molecular complexity index is 412. The summed E-state index contributed by atoms with van der Waals surface area (Å²) in [6.45, 7) is 0. The van der Waals surface area contributed by atoms with Crippen LogP contribution in [-0.4, -0.2) is 4.98 Å². The van der Waals surface area contributed by atoms with Crippen molar-refractivity contribution in [2.24, 2.45) is 0 Å². The first-order valence-corrected chi connectivity index (χ1v) is 4.87. The van der Waals surface area contributed by atoms with E-state index in [0.717, 1.165) is 17.1 Å². The Morgan fingerprint density at radius 1 is 1.00 bits per heavy atom. The number of halogens is 1. The van der Waals surface area contributed by atoms with E-state index in [1.807, 2.05) is 30.3 Å². The minimum atomic E-state index is 0.733. The number of hydrogen-bond acceptors (Lipinski definition) is 1. The van der Waals surface area contributed by atoms with Gasteiger partial charge in [0, 0.05) is 12.6 Å². The van der Waals surface area contributed by atoms with Crippen LogP contribution in [0.5, 0.6) is 0 Å². The number of pyridine rings is 1. The molecule has 0 unspecified atom stereocenters. The van der Waals surface area contributed by atoms with Gasteiger partial charge in [-0.1, -0.05) is 41.9 Å². The summed E-state index contributed by atoms with van der Waals surface area (Å²) in [6.07, 6.45) is 2.56. The summed E-state index contributed by atoms with van der Waals surface area (Å²) in [4.78, 5) is 4.24. The Balaban J connectivity index is 2.24. The summed E-state index contributed by atoms with van der Waals surface area (Å²) < 4.78 is 0. The van der Waals surface area contributed by atoms with E-state index in [0.29, 0.717) is 0 Å². The summed E-state index contributed by atoms with van der Waals surface area (Å²) in [5.41, 5.74) is 2.16. The molecule has 0 fully saturated rings. The average Bonchev–Trinajstić information content (AvgIpc) is 2.23. The van der Waals surface area contributed by atoms with E-state index in [4.69, 9.17) is 11.6 Å². The molecule has 0 saturated carbocycles. The summed E-state index contributed by atoms with van der Waals surface area (Å²) in [5, 5.41) is 0.733. The minimum absolute atomic E-state index is 0.733. The maximum Gasteiger partial charge on any atom is 0.0633 e. The SMILES string of the molecule is Clc1cccnc1Cc1ccccc1. The molecule has 0 aliphatic rings. The Labute approximate surface area is 88.4 Å². The van der Waals surface area contributed by atoms with Gasteiger partial charge in [-0.15, -0.1) is 0 Å². The zero-order valence-corrected chi connectivity index (χ0v) is 8.41. The third kappa shape index (κ3) is 2.12. The van der Waals surface area contributed by atoms with Gasteiger partial charge in [0.05, 0.1) is 10.7 Å². The summed E-state index contributed by atoms with van der Waals surface area (Å²) in [5.74, 6) is 0. The van der Waals surface area contributed by atoms with Gasteiger partial charge in [0.1, 0.15) is 0 Å². The van der Waals surface area contributed by atoms with Crippen LogP contribution in [0.15, 0.2) is 48.7 Å². The first-order chi connectivity index (χ1) is 6.86. The second kappa shape index (κ2) is 4.25. The molecule has 0 amide bonds. The molecule has 1 heterocycles. The lowest BCUT2D eigenvalue weighted by Crippen LogP contribution is -1.92. The molecular formula is C12H10ClN. The molecule has 0 saturated heterocycles. The minimum Gasteiger partial charge on any atom is -0.259 e. The number of rotatable bonds is 2. The van der Waals surface area contributed by atoms with Gasteiger partial charge in [-0.25, -0.2) is 0 Å². The fraction of sp³-hybridized carbons (Fsp3) is 0.0833. The highest BCUT2D eigenvalue weighted by molar-refractivity contribution is 6.31. The number of aromatic nitrogens is 1. The third-order valence-corrected chi connectivity index (χ3v) is 2.39. The summed E-state index contributed by atoms with van der Waals surface area (Å²) in [6, 6.07) is 13.9. The van der Waals surface area contributed by atoms with Crippen LogP contribution in [0.3, 0.4) is 0 Å². The average molecular weight is 204 g/mol. The van der Waals surface area contributed by atoms with Crippen LogP contribution < -0.4 is 0 Å². The topological polar surface area (TPSA) is 12.9 Å². The van der Waals surface area contributed by atoms with Gasteiger partial charge in [0.15, 0.2) is 0 Å². The van der Waals surface area contributed by atoms with Gasteiger partial charge >= 0.3 is 0 Å². The fourth-order valence-corrected chi connectivity index (χ4v) is 1.53. The summed E-state index contributed by atoms with van der Waals surface area (Å²) >= 11 is 6.01. The molecule has 1 nitrogen and oxygen atoms in total. The van der Waals surface area contributed by atoms with E-state index < -0.39 is 0 Å².